The van der Waals surface area contributed by atoms with Gasteiger partial charge in [-0.1, -0.05) is 0 Å². The molecule has 0 aliphatic carbocycles. The molecule has 3 saturated heterocycles. The van der Waals surface area contributed by atoms with Crippen molar-refractivity contribution in [2.75, 3.05) is 43.1 Å². The van der Waals surface area contributed by atoms with Gasteiger partial charge in [0.1, 0.15) is 5.82 Å². The van der Waals surface area contributed by atoms with Gasteiger partial charge in [0.15, 0.2) is 0 Å². The number of fused-ring (bicyclic) bond motifs is 1. The summed E-state index contributed by atoms with van der Waals surface area (Å²) in [5.74, 6) is 1.83. The lowest BCUT2D eigenvalue weighted by Crippen LogP contribution is -2.30. The highest BCUT2D eigenvalue weighted by Crippen LogP contribution is 2.29. The van der Waals surface area contributed by atoms with Crippen LogP contribution in [-0.2, 0) is 4.74 Å². The highest BCUT2D eigenvalue weighted by Gasteiger charge is 2.36. The van der Waals surface area contributed by atoms with E-state index in [0.29, 0.717) is 12.1 Å². The molecule has 3 fully saturated rings. The summed E-state index contributed by atoms with van der Waals surface area (Å²) in [7, 11) is 0. The van der Waals surface area contributed by atoms with Crippen molar-refractivity contribution < 1.29 is 4.74 Å². The first kappa shape index (κ1) is 13.3. The summed E-state index contributed by atoms with van der Waals surface area (Å²) in [6.45, 7) is 5.22. The predicted molar refractivity (Wildman–Crippen MR) is 83.8 cm³/mol. The van der Waals surface area contributed by atoms with Crippen molar-refractivity contribution in [1.29, 1.82) is 0 Å². The van der Waals surface area contributed by atoms with Gasteiger partial charge in [0.2, 0.25) is 0 Å². The SMILES string of the molecule is c1cc(N2C[C@H]3CCN[C@H]3C2)cc(NC2CCOCC2)n1. The Balaban J connectivity index is 1.43. The molecule has 0 spiro atoms. The molecular weight excluding hydrogens is 264 g/mol. The maximum absolute atomic E-state index is 5.41. The number of hydrogen-bond donors (Lipinski definition) is 2. The van der Waals surface area contributed by atoms with Gasteiger partial charge >= 0.3 is 0 Å². The van der Waals surface area contributed by atoms with Crippen LogP contribution in [0.5, 0.6) is 0 Å². The fraction of sp³-hybridized carbons (Fsp3) is 0.688. The quantitative estimate of drug-likeness (QED) is 0.882. The van der Waals surface area contributed by atoms with Crippen LogP contribution < -0.4 is 15.5 Å². The number of nitrogens with zero attached hydrogens (tertiary/aromatic N) is 2. The van der Waals surface area contributed by atoms with Gasteiger partial charge in [-0.2, -0.15) is 0 Å². The Morgan fingerprint density at radius 1 is 1.24 bits per heavy atom. The van der Waals surface area contributed by atoms with E-state index < -0.39 is 0 Å². The molecule has 2 N–H and O–H groups in total. The van der Waals surface area contributed by atoms with Crippen LogP contribution in [0.2, 0.25) is 0 Å². The fourth-order valence-electron chi connectivity index (χ4n) is 3.81. The molecule has 0 bridgehead atoms. The maximum atomic E-state index is 5.41. The van der Waals surface area contributed by atoms with Crippen molar-refractivity contribution >= 4 is 11.5 Å². The molecule has 5 nitrogen and oxygen atoms in total. The van der Waals surface area contributed by atoms with E-state index in [2.05, 4.69) is 32.7 Å². The Labute approximate surface area is 126 Å². The minimum atomic E-state index is 0.501. The third kappa shape index (κ3) is 2.85. The van der Waals surface area contributed by atoms with Gasteiger partial charge in [-0.3, -0.25) is 0 Å². The normalized spacial score (nSPS) is 29.6. The Morgan fingerprint density at radius 3 is 3.00 bits per heavy atom. The number of pyridine rings is 1. The summed E-state index contributed by atoms with van der Waals surface area (Å²) in [4.78, 5) is 6.98. The molecule has 21 heavy (non-hydrogen) atoms. The van der Waals surface area contributed by atoms with Gasteiger partial charge < -0.3 is 20.3 Å². The number of hydrogen-bond acceptors (Lipinski definition) is 5. The second-order valence-corrected chi connectivity index (χ2v) is 6.44. The molecule has 5 heteroatoms. The molecule has 3 aliphatic rings. The van der Waals surface area contributed by atoms with Crippen LogP contribution in [0.1, 0.15) is 19.3 Å². The molecule has 0 unspecified atom stereocenters. The van der Waals surface area contributed by atoms with E-state index in [1.807, 2.05) is 6.20 Å². The minimum Gasteiger partial charge on any atom is -0.381 e. The standard InChI is InChI=1S/C16H24N4O/c1-5-17-15-11-20(10-12(1)15)14-2-6-18-16(9-14)19-13-3-7-21-8-4-13/h2,6,9,12-13,15,17H,1,3-5,7-8,10-11H2,(H,18,19)/t12-,15+/m1/s1. The molecule has 1 aromatic rings. The van der Waals surface area contributed by atoms with Crippen molar-refractivity contribution in [1.82, 2.24) is 10.3 Å². The first-order valence-electron chi connectivity index (χ1n) is 8.17. The van der Waals surface area contributed by atoms with Crippen LogP contribution in [-0.4, -0.2) is 49.9 Å². The van der Waals surface area contributed by atoms with E-state index in [4.69, 9.17) is 4.74 Å². The van der Waals surface area contributed by atoms with Crippen LogP contribution in [0.3, 0.4) is 0 Å². The van der Waals surface area contributed by atoms with E-state index in [1.165, 1.54) is 25.2 Å². The molecule has 0 aromatic carbocycles. The molecule has 114 valence electrons. The molecular formula is C16H24N4O. The van der Waals surface area contributed by atoms with E-state index in [9.17, 15) is 0 Å². The predicted octanol–water partition coefficient (Wildman–Crippen LogP) is 1.47. The fourth-order valence-corrected chi connectivity index (χ4v) is 3.81. The summed E-state index contributed by atoms with van der Waals surface area (Å²) < 4.78 is 5.41. The van der Waals surface area contributed by atoms with Gasteiger partial charge in [-0.15, -0.1) is 0 Å². The van der Waals surface area contributed by atoms with Crippen molar-refractivity contribution in [2.24, 2.45) is 5.92 Å². The number of ether oxygens (including phenoxy) is 1. The maximum Gasteiger partial charge on any atom is 0.128 e. The van der Waals surface area contributed by atoms with E-state index in [1.54, 1.807) is 0 Å². The van der Waals surface area contributed by atoms with Crippen LogP contribution >= 0.6 is 0 Å². The Hall–Kier alpha value is -1.33. The molecule has 3 aliphatic heterocycles. The zero-order chi connectivity index (χ0) is 14.1. The summed E-state index contributed by atoms with van der Waals surface area (Å²) in [6.07, 6.45) is 5.39. The van der Waals surface area contributed by atoms with Crippen LogP contribution in [0.4, 0.5) is 11.5 Å². The Bertz CT molecular complexity index is 477. The topological polar surface area (TPSA) is 49.4 Å². The van der Waals surface area contributed by atoms with Crippen molar-refractivity contribution in [3.05, 3.63) is 18.3 Å². The number of anilines is 2. The third-order valence-electron chi connectivity index (χ3n) is 5.04. The van der Waals surface area contributed by atoms with Crippen molar-refractivity contribution in [3.8, 4) is 0 Å². The molecule has 0 amide bonds. The van der Waals surface area contributed by atoms with Crippen LogP contribution in [0.25, 0.3) is 0 Å². The summed E-state index contributed by atoms with van der Waals surface area (Å²) in [5.41, 5.74) is 1.30. The lowest BCUT2D eigenvalue weighted by molar-refractivity contribution is 0.0904. The molecule has 0 saturated carbocycles. The highest BCUT2D eigenvalue weighted by molar-refractivity contribution is 5.55. The van der Waals surface area contributed by atoms with Crippen molar-refractivity contribution in [2.45, 2.75) is 31.3 Å². The van der Waals surface area contributed by atoms with Crippen molar-refractivity contribution in [3.63, 3.8) is 0 Å². The first-order chi connectivity index (χ1) is 10.4. The second-order valence-electron chi connectivity index (χ2n) is 6.44. The summed E-state index contributed by atoms with van der Waals surface area (Å²) in [6, 6.07) is 5.53. The second kappa shape index (κ2) is 5.81. The van der Waals surface area contributed by atoms with Gasteiger partial charge in [0.25, 0.3) is 0 Å². The molecule has 0 radical (unpaired) electrons. The zero-order valence-electron chi connectivity index (χ0n) is 12.4. The number of nitrogens with one attached hydrogen (secondary N) is 2. The molecule has 4 heterocycles. The summed E-state index contributed by atoms with van der Waals surface area (Å²) >= 11 is 0. The monoisotopic (exact) mass is 288 g/mol. The van der Waals surface area contributed by atoms with E-state index in [0.717, 1.165) is 44.3 Å². The van der Waals surface area contributed by atoms with Crippen LogP contribution in [0.15, 0.2) is 18.3 Å². The van der Waals surface area contributed by atoms with Crippen LogP contribution in [0, 0.1) is 5.92 Å². The van der Waals surface area contributed by atoms with E-state index >= 15 is 0 Å². The third-order valence-corrected chi connectivity index (χ3v) is 5.04. The van der Waals surface area contributed by atoms with Gasteiger partial charge in [-0.05, 0) is 37.8 Å². The smallest absolute Gasteiger partial charge is 0.128 e. The Morgan fingerprint density at radius 2 is 2.14 bits per heavy atom. The summed E-state index contributed by atoms with van der Waals surface area (Å²) in [5, 5.41) is 7.17. The average molecular weight is 288 g/mol. The molecule has 1 aromatic heterocycles. The molecule has 4 rings (SSSR count). The highest BCUT2D eigenvalue weighted by atomic mass is 16.5. The van der Waals surface area contributed by atoms with E-state index in [-0.39, 0.29) is 0 Å². The lowest BCUT2D eigenvalue weighted by Gasteiger charge is -2.25. The molecule has 2 atom stereocenters. The number of aromatic nitrogens is 1. The average Bonchev–Trinajstić information content (AvgIpc) is 3.10. The van der Waals surface area contributed by atoms with Gasteiger partial charge in [0, 0.05) is 56.3 Å². The minimum absolute atomic E-state index is 0.501. The largest absolute Gasteiger partial charge is 0.381 e. The zero-order valence-corrected chi connectivity index (χ0v) is 12.4. The lowest BCUT2D eigenvalue weighted by atomic mass is 10.1. The Kier molecular flexibility index (Phi) is 3.69. The van der Waals surface area contributed by atoms with Gasteiger partial charge in [-0.25, -0.2) is 4.98 Å². The first-order valence-corrected chi connectivity index (χ1v) is 8.17. The van der Waals surface area contributed by atoms with Gasteiger partial charge in [0.05, 0.1) is 0 Å². The number of rotatable bonds is 3.